The van der Waals surface area contributed by atoms with E-state index >= 15 is 0 Å². The summed E-state index contributed by atoms with van der Waals surface area (Å²) in [5.74, 6) is -0.361. The second-order valence-corrected chi connectivity index (χ2v) is 3.66. The Morgan fingerprint density at radius 1 is 1.47 bits per heavy atom. The molecule has 2 rings (SSSR count). The molecular weight excluding hydrogens is 190 g/mol. The van der Waals surface area contributed by atoms with Crippen molar-refractivity contribution in [3.8, 4) is 0 Å². The van der Waals surface area contributed by atoms with Gasteiger partial charge in [-0.1, -0.05) is 18.2 Å². The summed E-state index contributed by atoms with van der Waals surface area (Å²) in [6, 6.07) is 7.60. The number of benzene rings is 1. The van der Waals surface area contributed by atoms with Crippen LogP contribution in [0, 0.1) is 0 Å². The number of nitrogens with two attached hydrogens (primary N) is 1. The van der Waals surface area contributed by atoms with Gasteiger partial charge in [-0.3, -0.25) is 4.79 Å². The molecule has 1 atom stereocenters. The number of aromatic amines is 1. The maximum atomic E-state index is 10.9. The van der Waals surface area contributed by atoms with Crippen molar-refractivity contribution in [3.63, 3.8) is 0 Å². The number of carbonyl (C=O) groups is 1. The van der Waals surface area contributed by atoms with Crippen LogP contribution in [0.1, 0.15) is 5.56 Å². The number of hydrogen-bond acceptors (Lipinski definition) is 1. The molecule has 0 saturated heterocycles. The predicted molar refractivity (Wildman–Crippen MR) is 57.9 cm³/mol. The number of rotatable bonds is 3. The van der Waals surface area contributed by atoms with Gasteiger partial charge in [0.25, 0.3) is 5.91 Å². The molecule has 4 nitrogen and oxygen atoms in total. The highest BCUT2D eigenvalue weighted by molar-refractivity contribution is 5.84. The van der Waals surface area contributed by atoms with E-state index in [0.29, 0.717) is 6.42 Å². The molecule has 0 aliphatic rings. The van der Waals surface area contributed by atoms with Crippen LogP contribution in [0.25, 0.3) is 10.9 Å². The lowest BCUT2D eigenvalue weighted by atomic mass is 10.1. The lowest BCUT2D eigenvalue weighted by Gasteiger charge is -2.02. The molecule has 15 heavy (non-hydrogen) atoms. The smallest absolute Gasteiger partial charge is 0.275 e. The van der Waals surface area contributed by atoms with Crippen LogP contribution in [0.2, 0.25) is 0 Å². The summed E-state index contributed by atoms with van der Waals surface area (Å²) in [4.78, 5) is 14.1. The summed E-state index contributed by atoms with van der Waals surface area (Å²) in [5.41, 5.74) is 11.1. The monoisotopic (exact) mass is 204 g/mol. The molecule has 0 bridgehead atoms. The van der Waals surface area contributed by atoms with E-state index in [4.69, 9.17) is 5.73 Å². The Morgan fingerprint density at radius 3 is 2.93 bits per heavy atom. The van der Waals surface area contributed by atoms with Crippen LogP contribution >= 0.6 is 0 Å². The molecule has 2 aromatic rings. The zero-order valence-electron chi connectivity index (χ0n) is 8.36. The number of para-hydroxylation sites is 1. The van der Waals surface area contributed by atoms with Gasteiger partial charge >= 0.3 is 0 Å². The topological polar surface area (TPSA) is 86.5 Å². The predicted octanol–water partition coefficient (Wildman–Crippen LogP) is -0.194. The van der Waals surface area contributed by atoms with E-state index in [0.717, 1.165) is 16.5 Å². The molecule has 0 fully saturated rings. The van der Waals surface area contributed by atoms with E-state index in [-0.39, 0.29) is 11.9 Å². The zero-order chi connectivity index (χ0) is 10.8. The second-order valence-electron chi connectivity index (χ2n) is 3.66. The van der Waals surface area contributed by atoms with Crippen molar-refractivity contribution in [1.29, 1.82) is 0 Å². The number of fused-ring (bicyclic) bond motifs is 1. The van der Waals surface area contributed by atoms with Gasteiger partial charge in [-0.15, -0.1) is 0 Å². The van der Waals surface area contributed by atoms with E-state index in [1.807, 2.05) is 30.5 Å². The lowest BCUT2D eigenvalue weighted by molar-refractivity contribution is -0.402. The van der Waals surface area contributed by atoms with Crippen LogP contribution < -0.4 is 11.5 Å². The molecular formula is C11H14N3O+. The number of quaternary nitrogens is 1. The van der Waals surface area contributed by atoms with Crippen molar-refractivity contribution in [2.75, 3.05) is 0 Å². The number of amides is 1. The van der Waals surface area contributed by atoms with Gasteiger partial charge in [0, 0.05) is 23.5 Å². The molecule has 0 aliphatic heterocycles. The van der Waals surface area contributed by atoms with E-state index in [1.165, 1.54) is 0 Å². The Morgan fingerprint density at radius 2 is 2.20 bits per heavy atom. The van der Waals surface area contributed by atoms with Crippen LogP contribution in [-0.4, -0.2) is 16.9 Å². The minimum absolute atomic E-state index is 0.361. The van der Waals surface area contributed by atoms with E-state index in [1.54, 1.807) is 0 Å². The first-order valence-electron chi connectivity index (χ1n) is 4.86. The second kappa shape index (κ2) is 3.74. The summed E-state index contributed by atoms with van der Waals surface area (Å²) >= 11 is 0. The fraction of sp³-hybridized carbons (Fsp3) is 0.182. The Balaban J connectivity index is 2.32. The number of carbonyl (C=O) groups excluding carboxylic acids is 1. The van der Waals surface area contributed by atoms with Crippen LogP contribution in [-0.2, 0) is 11.2 Å². The van der Waals surface area contributed by atoms with Gasteiger partial charge in [-0.25, -0.2) is 0 Å². The average molecular weight is 204 g/mol. The van der Waals surface area contributed by atoms with Crippen molar-refractivity contribution in [2.24, 2.45) is 5.73 Å². The van der Waals surface area contributed by atoms with Crippen LogP contribution in [0.4, 0.5) is 0 Å². The lowest BCUT2D eigenvalue weighted by Crippen LogP contribution is -2.67. The minimum Gasteiger partial charge on any atom is -0.365 e. The van der Waals surface area contributed by atoms with Crippen molar-refractivity contribution in [2.45, 2.75) is 12.5 Å². The molecule has 1 heterocycles. The van der Waals surface area contributed by atoms with E-state index < -0.39 is 0 Å². The van der Waals surface area contributed by atoms with Gasteiger partial charge in [0.15, 0.2) is 6.04 Å². The fourth-order valence-electron chi connectivity index (χ4n) is 1.67. The summed E-state index contributed by atoms with van der Waals surface area (Å²) in [7, 11) is 0. The van der Waals surface area contributed by atoms with Gasteiger partial charge in [-0.05, 0) is 11.6 Å². The van der Waals surface area contributed by atoms with Gasteiger partial charge < -0.3 is 16.5 Å². The highest BCUT2D eigenvalue weighted by Gasteiger charge is 2.15. The third-order valence-electron chi connectivity index (χ3n) is 2.54. The van der Waals surface area contributed by atoms with Crippen LogP contribution in [0.3, 0.4) is 0 Å². The summed E-state index contributed by atoms with van der Waals surface area (Å²) in [6.07, 6.45) is 2.49. The zero-order valence-corrected chi connectivity index (χ0v) is 8.36. The highest BCUT2D eigenvalue weighted by atomic mass is 16.1. The number of hydrogen-bond donors (Lipinski definition) is 3. The SMILES string of the molecule is NC(=O)C([NH3+])Cc1c[nH]c2ccccc12. The summed E-state index contributed by atoms with van der Waals surface area (Å²) in [5, 5.41) is 1.13. The quantitative estimate of drug-likeness (QED) is 0.635. The molecule has 0 spiro atoms. The van der Waals surface area contributed by atoms with E-state index in [2.05, 4.69) is 10.7 Å². The van der Waals surface area contributed by atoms with Gasteiger partial charge in [0.2, 0.25) is 0 Å². The van der Waals surface area contributed by atoms with Crippen LogP contribution in [0.15, 0.2) is 30.5 Å². The number of primary amides is 1. The molecule has 1 aromatic heterocycles. The Kier molecular flexibility index (Phi) is 2.43. The maximum Gasteiger partial charge on any atom is 0.275 e. The van der Waals surface area contributed by atoms with E-state index in [9.17, 15) is 4.79 Å². The molecule has 1 aromatic carbocycles. The first-order chi connectivity index (χ1) is 7.18. The molecule has 6 N–H and O–H groups in total. The Bertz CT molecular complexity index is 489. The first kappa shape index (κ1) is 9.73. The van der Waals surface area contributed by atoms with Crippen molar-refractivity contribution >= 4 is 16.8 Å². The number of nitrogens with one attached hydrogen (secondary N) is 1. The minimum atomic E-state index is -0.371. The van der Waals surface area contributed by atoms with Gasteiger partial charge in [0.1, 0.15) is 0 Å². The largest absolute Gasteiger partial charge is 0.365 e. The van der Waals surface area contributed by atoms with Gasteiger partial charge in [-0.2, -0.15) is 0 Å². The molecule has 1 unspecified atom stereocenters. The molecule has 4 heteroatoms. The average Bonchev–Trinajstić information content (AvgIpc) is 2.62. The normalized spacial score (nSPS) is 12.9. The van der Waals surface area contributed by atoms with Crippen molar-refractivity contribution < 1.29 is 10.5 Å². The van der Waals surface area contributed by atoms with Gasteiger partial charge in [0.05, 0.1) is 0 Å². The standard InChI is InChI=1S/C11H13N3O/c12-9(11(13)15)5-7-6-14-10-4-2-1-3-8(7)10/h1-4,6,9,14H,5,12H2,(H2,13,15)/p+1. The molecule has 78 valence electrons. The summed E-state index contributed by atoms with van der Waals surface area (Å²) in [6.45, 7) is 0. The van der Waals surface area contributed by atoms with Crippen molar-refractivity contribution in [1.82, 2.24) is 4.98 Å². The third kappa shape index (κ3) is 1.85. The third-order valence-corrected chi connectivity index (χ3v) is 2.54. The number of aromatic nitrogens is 1. The Hall–Kier alpha value is -1.81. The first-order valence-corrected chi connectivity index (χ1v) is 4.86. The van der Waals surface area contributed by atoms with Crippen molar-refractivity contribution in [3.05, 3.63) is 36.0 Å². The Labute approximate surface area is 87.3 Å². The fourth-order valence-corrected chi connectivity index (χ4v) is 1.67. The highest BCUT2D eigenvalue weighted by Crippen LogP contribution is 2.18. The summed E-state index contributed by atoms with van der Waals surface area (Å²) < 4.78 is 0. The molecule has 0 aliphatic carbocycles. The molecule has 0 radical (unpaired) electrons. The number of H-pyrrole nitrogens is 1. The van der Waals surface area contributed by atoms with Crippen LogP contribution in [0.5, 0.6) is 0 Å². The molecule has 0 saturated carbocycles. The molecule has 1 amide bonds. The maximum absolute atomic E-state index is 10.9.